The van der Waals surface area contributed by atoms with E-state index in [1.165, 1.54) is 12.1 Å². The van der Waals surface area contributed by atoms with Gasteiger partial charge in [-0.25, -0.2) is 9.07 Å². The number of aromatic nitrogens is 2. The summed E-state index contributed by atoms with van der Waals surface area (Å²) in [6.45, 7) is 0. The topological polar surface area (TPSA) is 61.8 Å². The number of aliphatic hydroxyl groups is 1. The number of nitriles is 1. The van der Waals surface area contributed by atoms with Gasteiger partial charge in [0.05, 0.1) is 29.0 Å². The summed E-state index contributed by atoms with van der Waals surface area (Å²) in [5, 5.41) is 24.7. The number of halogens is 1. The highest BCUT2D eigenvalue weighted by atomic mass is 19.1. The number of fused-ring (bicyclic) bond motifs is 1. The molecule has 5 heteroatoms. The van der Waals surface area contributed by atoms with Gasteiger partial charge in [0.15, 0.2) is 0 Å². The average molecular weight is 343 g/mol. The number of hydrogen-bond acceptors (Lipinski definition) is 3. The zero-order chi connectivity index (χ0) is 18.1. The van der Waals surface area contributed by atoms with E-state index in [0.29, 0.717) is 11.1 Å². The van der Waals surface area contributed by atoms with Crippen LogP contribution in [0.25, 0.3) is 16.6 Å². The Bertz CT molecular complexity index is 1110. The Labute approximate surface area is 149 Å². The zero-order valence-corrected chi connectivity index (χ0v) is 13.7. The van der Waals surface area contributed by atoms with Gasteiger partial charge in [0.25, 0.3) is 0 Å². The summed E-state index contributed by atoms with van der Waals surface area (Å²) in [6.07, 6.45) is 0.926. The maximum Gasteiger partial charge on any atom is 0.123 e. The lowest BCUT2D eigenvalue weighted by molar-refractivity contribution is 0.220. The third kappa shape index (κ3) is 2.83. The number of rotatable bonds is 3. The first-order valence-corrected chi connectivity index (χ1v) is 8.07. The molecule has 1 atom stereocenters. The minimum Gasteiger partial charge on any atom is -0.384 e. The van der Waals surface area contributed by atoms with Crippen LogP contribution in [-0.2, 0) is 0 Å². The molecule has 0 saturated carbocycles. The Kier molecular flexibility index (Phi) is 3.96. The Balaban J connectivity index is 1.70. The van der Waals surface area contributed by atoms with Crippen molar-refractivity contribution in [1.29, 1.82) is 5.26 Å². The van der Waals surface area contributed by atoms with E-state index < -0.39 is 6.10 Å². The molecule has 0 bridgehead atoms. The molecule has 126 valence electrons. The lowest BCUT2D eigenvalue weighted by Crippen LogP contribution is -2.00. The van der Waals surface area contributed by atoms with E-state index in [2.05, 4.69) is 11.2 Å². The molecule has 4 aromatic rings. The lowest BCUT2D eigenvalue weighted by atomic mass is 9.99. The molecule has 0 aliphatic carbocycles. The summed E-state index contributed by atoms with van der Waals surface area (Å²) < 4.78 is 14.8. The average Bonchev–Trinajstić information content (AvgIpc) is 3.11. The molecular formula is C21H14FN3O. The molecule has 0 amide bonds. The van der Waals surface area contributed by atoms with E-state index in [-0.39, 0.29) is 5.82 Å². The Morgan fingerprint density at radius 3 is 2.35 bits per heavy atom. The zero-order valence-electron chi connectivity index (χ0n) is 13.7. The van der Waals surface area contributed by atoms with Crippen LogP contribution >= 0.6 is 0 Å². The van der Waals surface area contributed by atoms with Crippen molar-refractivity contribution in [2.75, 3.05) is 0 Å². The fraction of sp³-hybridized carbons (Fsp3) is 0.0476. The normalized spacial score (nSPS) is 12.0. The van der Waals surface area contributed by atoms with Crippen LogP contribution in [0.2, 0.25) is 0 Å². The van der Waals surface area contributed by atoms with Crippen LogP contribution in [0, 0.1) is 17.1 Å². The van der Waals surface area contributed by atoms with Crippen LogP contribution in [-0.4, -0.2) is 14.9 Å². The molecule has 4 nitrogen and oxygen atoms in total. The number of hydrogen-bond donors (Lipinski definition) is 1. The summed E-state index contributed by atoms with van der Waals surface area (Å²) in [4.78, 5) is 0. The minimum atomic E-state index is -0.790. The molecular weight excluding hydrogens is 329 g/mol. The van der Waals surface area contributed by atoms with E-state index in [1.807, 2.05) is 18.2 Å². The van der Waals surface area contributed by atoms with Gasteiger partial charge in [-0.15, -0.1) is 0 Å². The quantitative estimate of drug-likeness (QED) is 0.609. The Morgan fingerprint density at radius 1 is 0.962 bits per heavy atom. The molecule has 0 radical (unpaired) electrons. The number of aliphatic hydroxyl groups excluding tert-OH is 1. The van der Waals surface area contributed by atoms with Gasteiger partial charge in [0.1, 0.15) is 11.9 Å². The van der Waals surface area contributed by atoms with Crippen molar-refractivity contribution < 1.29 is 9.50 Å². The molecule has 0 aliphatic heterocycles. The van der Waals surface area contributed by atoms with E-state index in [1.54, 1.807) is 47.3 Å². The van der Waals surface area contributed by atoms with Crippen LogP contribution in [0.15, 0.2) is 72.9 Å². The summed E-state index contributed by atoms with van der Waals surface area (Å²) >= 11 is 0. The Hall–Kier alpha value is -3.49. The summed E-state index contributed by atoms with van der Waals surface area (Å²) in [7, 11) is 0. The van der Waals surface area contributed by atoms with Crippen LogP contribution in [0.3, 0.4) is 0 Å². The van der Waals surface area contributed by atoms with Crippen molar-refractivity contribution in [2.45, 2.75) is 6.10 Å². The van der Waals surface area contributed by atoms with Gasteiger partial charge in [0, 0.05) is 5.39 Å². The molecule has 0 fully saturated rings. The number of benzene rings is 3. The van der Waals surface area contributed by atoms with Crippen LogP contribution < -0.4 is 0 Å². The second kappa shape index (κ2) is 6.43. The van der Waals surface area contributed by atoms with E-state index in [4.69, 9.17) is 5.26 Å². The molecule has 4 rings (SSSR count). The highest BCUT2D eigenvalue weighted by Gasteiger charge is 2.13. The molecule has 1 N–H and O–H groups in total. The van der Waals surface area contributed by atoms with Crippen LogP contribution in [0.1, 0.15) is 22.8 Å². The van der Waals surface area contributed by atoms with Crippen molar-refractivity contribution in [3.05, 3.63) is 95.4 Å². The van der Waals surface area contributed by atoms with Crippen molar-refractivity contribution in [3.63, 3.8) is 0 Å². The van der Waals surface area contributed by atoms with Crippen molar-refractivity contribution >= 4 is 10.9 Å². The van der Waals surface area contributed by atoms with Gasteiger partial charge in [-0.1, -0.05) is 18.2 Å². The standard InChI is InChI=1S/C21H14FN3O/c22-18-6-8-19(9-7-18)25-20-10-5-16(11-17(20)13-24-25)21(26)15-3-1-14(12-23)2-4-15/h1-11,13,21,26H. The second-order valence-electron chi connectivity index (χ2n) is 5.99. The van der Waals surface area contributed by atoms with E-state index >= 15 is 0 Å². The molecule has 1 unspecified atom stereocenters. The minimum absolute atomic E-state index is 0.293. The fourth-order valence-electron chi connectivity index (χ4n) is 2.94. The smallest absolute Gasteiger partial charge is 0.123 e. The molecule has 26 heavy (non-hydrogen) atoms. The van der Waals surface area contributed by atoms with Crippen LogP contribution in [0.5, 0.6) is 0 Å². The third-order valence-electron chi connectivity index (χ3n) is 4.33. The number of nitrogens with zero attached hydrogens (tertiary/aromatic N) is 3. The van der Waals surface area contributed by atoms with E-state index in [9.17, 15) is 9.50 Å². The summed E-state index contributed by atoms with van der Waals surface area (Å²) in [5.41, 5.74) is 3.64. The summed E-state index contributed by atoms with van der Waals surface area (Å²) in [5.74, 6) is -0.293. The molecule has 1 heterocycles. The molecule has 1 aromatic heterocycles. The lowest BCUT2D eigenvalue weighted by Gasteiger charge is -2.12. The monoisotopic (exact) mass is 343 g/mol. The maximum atomic E-state index is 13.1. The predicted molar refractivity (Wildman–Crippen MR) is 96.2 cm³/mol. The first-order chi connectivity index (χ1) is 12.7. The van der Waals surface area contributed by atoms with Crippen molar-refractivity contribution in [1.82, 2.24) is 9.78 Å². The second-order valence-corrected chi connectivity index (χ2v) is 5.99. The molecule has 3 aromatic carbocycles. The van der Waals surface area contributed by atoms with Gasteiger partial charge in [-0.05, 0) is 59.7 Å². The summed E-state index contributed by atoms with van der Waals surface area (Å²) in [6, 6.07) is 20.7. The van der Waals surface area contributed by atoms with Gasteiger partial charge in [-0.3, -0.25) is 0 Å². The molecule has 0 aliphatic rings. The largest absolute Gasteiger partial charge is 0.384 e. The van der Waals surface area contributed by atoms with Gasteiger partial charge in [0.2, 0.25) is 0 Å². The van der Waals surface area contributed by atoms with Crippen molar-refractivity contribution in [3.8, 4) is 11.8 Å². The Morgan fingerprint density at radius 2 is 1.65 bits per heavy atom. The SMILES string of the molecule is N#Cc1ccc(C(O)c2ccc3c(cnn3-c3ccc(F)cc3)c2)cc1. The third-order valence-corrected chi connectivity index (χ3v) is 4.33. The van der Waals surface area contributed by atoms with Crippen LogP contribution in [0.4, 0.5) is 4.39 Å². The highest BCUT2D eigenvalue weighted by molar-refractivity contribution is 5.81. The van der Waals surface area contributed by atoms with Crippen molar-refractivity contribution in [2.24, 2.45) is 0 Å². The van der Waals surface area contributed by atoms with Gasteiger partial charge < -0.3 is 5.11 Å². The first-order valence-electron chi connectivity index (χ1n) is 8.07. The fourth-order valence-corrected chi connectivity index (χ4v) is 2.94. The predicted octanol–water partition coefficient (Wildman–Crippen LogP) is 4.12. The maximum absolute atomic E-state index is 13.1. The van der Waals surface area contributed by atoms with Gasteiger partial charge >= 0.3 is 0 Å². The highest BCUT2D eigenvalue weighted by Crippen LogP contribution is 2.27. The van der Waals surface area contributed by atoms with Gasteiger partial charge in [-0.2, -0.15) is 10.4 Å². The molecule has 0 spiro atoms. The van der Waals surface area contributed by atoms with E-state index in [0.717, 1.165) is 22.2 Å². The molecule has 0 saturated heterocycles. The first kappa shape index (κ1) is 16.0.